The number of likely N-dealkylation sites (tertiary alicyclic amines) is 1. The SMILES string of the molecule is Cn1cc(-c2nc([C@@H]3CCCCCN3C(=O)Cc3ccc4c(c3)OCO4)no2)cn1. The minimum absolute atomic E-state index is 0.0495. The molecule has 2 aromatic heterocycles. The number of aromatic nitrogens is 4. The normalized spacial score (nSPS) is 18.4. The number of carbonyl (C=O) groups is 1. The second kappa shape index (κ2) is 7.81. The van der Waals surface area contributed by atoms with Crippen molar-refractivity contribution in [3.63, 3.8) is 0 Å². The van der Waals surface area contributed by atoms with Gasteiger partial charge in [0.15, 0.2) is 17.3 Å². The standard InChI is InChI=1S/C21H23N5O4/c1-25-12-15(11-22-25)21-23-20(24-30-21)16-5-3-2-4-8-26(16)19(27)10-14-6-7-17-18(9-14)29-13-28-17/h6-7,9,11-12,16H,2-5,8,10,13H2,1H3/t16-/m0/s1. The van der Waals surface area contributed by atoms with Crippen molar-refractivity contribution in [3.05, 3.63) is 42.0 Å². The Bertz CT molecular complexity index is 1060. The molecule has 0 bridgehead atoms. The predicted molar refractivity (Wildman–Crippen MR) is 106 cm³/mol. The van der Waals surface area contributed by atoms with Crippen molar-refractivity contribution in [2.45, 2.75) is 38.1 Å². The van der Waals surface area contributed by atoms with E-state index in [2.05, 4.69) is 15.2 Å². The minimum Gasteiger partial charge on any atom is -0.454 e. The van der Waals surface area contributed by atoms with Crippen LogP contribution in [0.5, 0.6) is 11.5 Å². The van der Waals surface area contributed by atoms with Crippen LogP contribution in [0.25, 0.3) is 11.5 Å². The Balaban J connectivity index is 1.37. The lowest BCUT2D eigenvalue weighted by molar-refractivity contribution is -0.133. The van der Waals surface area contributed by atoms with E-state index in [1.54, 1.807) is 10.9 Å². The van der Waals surface area contributed by atoms with Crippen molar-refractivity contribution in [1.82, 2.24) is 24.8 Å². The number of fused-ring (bicyclic) bond motifs is 1. The highest BCUT2D eigenvalue weighted by Gasteiger charge is 2.31. The maximum Gasteiger partial charge on any atom is 0.261 e. The van der Waals surface area contributed by atoms with E-state index in [1.807, 2.05) is 36.3 Å². The van der Waals surface area contributed by atoms with Gasteiger partial charge in [-0.2, -0.15) is 10.1 Å². The molecule has 9 nitrogen and oxygen atoms in total. The molecule has 5 rings (SSSR count). The lowest BCUT2D eigenvalue weighted by Crippen LogP contribution is -2.36. The van der Waals surface area contributed by atoms with E-state index < -0.39 is 0 Å². The van der Waals surface area contributed by atoms with Gasteiger partial charge in [-0.1, -0.05) is 24.1 Å². The van der Waals surface area contributed by atoms with Crippen LogP contribution < -0.4 is 9.47 Å². The number of hydrogen-bond acceptors (Lipinski definition) is 7. The fourth-order valence-electron chi connectivity index (χ4n) is 4.02. The quantitative estimate of drug-likeness (QED) is 0.654. The maximum atomic E-state index is 13.2. The summed E-state index contributed by atoms with van der Waals surface area (Å²) in [5.74, 6) is 2.43. The zero-order valence-electron chi connectivity index (χ0n) is 16.8. The molecule has 0 unspecified atom stereocenters. The highest BCUT2D eigenvalue weighted by atomic mass is 16.7. The van der Waals surface area contributed by atoms with Gasteiger partial charge in [-0.3, -0.25) is 9.48 Å². The third kappa shape index (κ3) is 3.62. The molecule has 156 valence electrons. The fraction of sp³-hybridized carbons (Fsp3) is 0.429. The molecule has 1 saturated heterocycles. The molecule has 1 atom stereocenters. The second-order valence-electron chi connectivity index (χ2n) is 7.68. The van der Waals surface area contributed by atoms with E-state index in [9.17, 15) is 4.79 Å². The Labute approximate surface area is 173 Å². The van der Waals surface area contributed by atoms with Gasteiger partial charge in [-0.15, -0.1) is 0 Å². The van der Waals surface area contributed by atoms with Crippen LogP contribution in [0.3, 0.4) is 0 Å². The van der Waals surface area contributed by atoms with E-state index in [-0.39, 0.29) is 18.7 Å². The summed E-state index contributed by atoms with van der Waals surface area (Å²) in [5.41, 5.74) is 1.67. The summed E-state index contributed by atoms with van der Waals surface area (Å²) in [5, 5.41) is 8.35. The van der Waals surface area contributed by atoms with E-state index in [0.29, 0.717) is 36.2 Å². The highest BCUT2D eigenvalue weighted by molar-refractivity contribution is 5.79. The first-order valence-corrected chi connectivity index (χ1v) is 10.2. The van der Waals surface area contributed by atoms with Gasteiger partial charge in [0, 0.05) is 19.8 Å². The van der Waals surface area contributed by atoms with Gasteiger partial charge >= 0.3 is 0 Å². The van der Waals surface area contributed by atoms with Gasteiger partial charge in [0.25, 0.3) is 5.89 Å². The Kier molecular flexibility index (Phi) is 4.86. The Hall–Kier alpha value is -3.36. The number of aryl methyl sites for hydroxylation is 1. The van der Waals surface area contributed by atoms with Gasteiger partial charge in [-0.25, -0.2) is 0 Å². The smallest absolute Gasteiger partial charge is 0.261 e. The van der Waals surface area contributed by atoms with E-state index in [0.717, 1.165) is 36.8 Å². The number of hydrogen-bond donors (Lipinski definition) is 0. The van der Waals surface area contributed by atoms with Crippen LogP contribution in [-0.2, 0) is 18.3 Å². The van der Waals surface area contributed by atoms with Crippen LogP contribution in [0, 0.1) is 0 Å². The Morgan fingerprint density at radius 3 is 2.97 bits per heavy atom. The molecule has 0 radical (unpaired) electrons. The lowest BCUT2D eigenvalue weighted by atomic mass is 10.1. The van der Waals surface area contributed by atoms with Crippen LogP contribution in [0.15, 0.2) is 35.1 Å². The molecule has 0 N–H and O–H groups in total. The van der Waals surface area contributed by atoms with Gasteiger partial charge in [0.05, 0.1) is 24.2 Å². The molecule has 1 aromatic carbocycles. The molecular weight excluding hydrogens is 386 g/mol. The average molecular weight is 409 g/mol. The molecule has 4 heterocycles. The second-order valence-corrected chi connectivity index (χ2v) is 7.68. The lowest BCUT2D eigenvalue weighted by Gasteiger charge is -2.28. The summed E-state index contributed by atoms with van der Waals surface area (Å²) < 4.78 is 18.0. The maximum absolute atomic E-state index is 13.2. The molecule has 1 amide bonds. The molecule has 30 heavy (non-hydrogen) atoms. The Morgan fingerprint density at radius 2 is 2.10 bits per heavy atom. The number of carbonyl (C=O) groups excluding carboxylic acids is 1. The van der Waals surface area contributed by atoms with E-state index in [4.69, 9.17) is 14.0 Å². The fourth-order valence-corrected chi connectivity index (χ4v) is 4.02. The first-order valence-electron chi connectivity index (χ1n) is 10.2. The van der Waals surface area contributed by atoms with Crippen LogP contribution in [0.2, 0.25) is 0 Å². The summed E-state index contributed by atoms with van der Waals surface area (Å²) in [6.45, 7) is 0.906. The van der Waals surface area contributed by atoms with E-state index in [1.165, 1.54) is 0 Å². The van der Waals surface area contributed by atoms with Crippen LogP contribution in [0.4, 0.5) is 0 Å². The summed E-state index contributed by atoms with van der Waals surface area (Å²) in [4.78, 5) is 19.7. The summed E-state index contributed by atoms with van der Waals surface area (Å²) in [6, 6.07) is 5.45. The van der Waals surface area contributed by atoms with Crippen molar-refractivity contribution < 1.29 is 18.8 Å². The monoisotopic (exact) mass is 409 g/mol. The summed E-state index contributed by atoms with van der Waals surface area (Å²) in [7, 11) is 1.84. The third-order valence-corrected chi connectivity index (χ3v) is 5.56. The molecular formula is C21H23N5O4. The summed E-state index contributed by atoms with van der Waals surface area (Å²) >= 11 is 0. The molecule has 1 fully saturated rings. The molecule has 9 heteroatoms. The molecule has 2 aliphatic heterocycles. The average Bonchev–Trinajstić information content (AvgIpc) is 3.45. The molecule has 3 aromatic rings. The van der Waals surface area contributed by atoms with Gasteiger partial charge in [0.2, 0.25) is 12.7 Å². The number of benzene rings is 1. The van der Waals surface area contributed by atoms with Crippen molar-refractivity contribution in [2.75, 3.05) is 13.3 Å². The van der Waals surface area contributed by atoms with Gasteiger partial charge in [-0.05, 0) is 30.5 Å². The minimum atomic E-state index is -0.191. The Morgan fingerprint density at radius 1 is 1.20 bits per heavy atom. The van der Waals surface area contributed by atoms with Gasteiger partial charge in [0.1, 0.15) is 0 Å². The van der Waals surface area contributed by atoms with Crippen LogP contribution in [-0.4, -0.2) is 44.1 Å². The molecule has 0 saturated carbocycles. The largest absolute Gasteiger partial charge is 0.454 e. The zero-order valence-corrected chi connectivity index (χ0v) is 16.8. The topological polar surface area (TPSA) is 95.5 Å². The van der Waals surface area contributed by atoms with Crippen molar-refractivity contribution in [2.24, 2.45) is 7.05 Å². The van der Waals surface area contributed by atoms with Crippen LogP contribution >= 0.6 is 0 Å². The number of rotatable bonds is 4. The van der Waals surface area contributed by atoms with Crippen molar-refractivity contribution >= 4 is 5.91 Å². The van der Waals surface area contributed by atoms with Crippen molar-refractivity contribution in [3.8, 4) is 23.0 Å². The zero-order chi connectivity index (χ0) is 20.5. The number of nitrogens with zero attached hydrogens (tertiary/aromatic N) is 5. The first-order chi connectivity index (χ1) is 14.7. The molecule has 0 aliphatic carbocycles. The van der Waals surface area contributed by atoms with Crippen LogP contribution in [0.1, 0.15) is 43.1 Å². The number of amides is 1. The molecule has 0 spiro atoms. The molecule has 2 aliphatic rings. The highest BCUT2D eigenvalue weighted by Crippen LogP contribution is 2.34. The first kappa shape index (κ1) is 18.7. The van der Waals surface area contributed by atoms with Crippen molar-refractivity contribution in [1.29, 1.82) is 0 Å². The predicted octanol–water partition coefficient (Wildman–Crippen LogP) is 2.89. The third-order valence-electron chi connectivity index (χ3n) is 5.56. The summed E-state index contributed by atoms with van der Waals surface area (Å²) in [6.07, 6.45) is 7.70. The van der Waals surface area contributed by atoms with E-state index >= 15 is 0 Å². The number of ether oxygens (including phenoxy) is 2. The van der Waals surface area contributed by atoms with Gasteiger partial charge < -0.3 is 18.9 Å².